The molecule has 2 atom stereocenters. The summed E-state index contributed by atoms with van der Waals surface area (Å²) >= 11 is 0. The van der Waals surface area contributed by atoms with Gasteiger partial charge in [0.1, 0.15) is 55.0 Å². The van der Waals surface area contributed by atoms with Gasteiger partial charge in [-0.1, -0.05) is 54.6 Å². The number of phenols is 1. The van der Waals surface area contributed by atoms with Crippen molar-refractivity contribution in [1.82, 2.24) is 0 Å². The molecule has 0 radical (unpaired) electrons. The van der Waals surface area contributed by atoms with Crippen LogP contribution in [0.2, 0.25) is 0 Å². The standard InChI is InChI=1S/C34H30F6O6/c35-33(36,37)32(34(38,39)40,30-3-1-2-4-31(30)42)24-9-15-28(16-10-24)44-19-25(41)18-43-26-11-5-22(6-12-26)17-23-7-13-27(14-8-23)45-20-29-21-46-29/h1-16,25,29,41-42H,17-21H2. The smallest absolute Gasteiger partial charge is 0.411 e. The summed E-state index contributed by atoms with van der Waals surface area (Å²) in [7, 11) is 0. The maximum atomic E-state index is 14.3. The molecule has 2 N–H and O–H groups in total. The van der Waals surface area contributed by atoms with Crippen molar-refractivity contribution in [2.24, 2.45) is 0 Å². The molecular formula is C34H30F6O6. The van der Waals surface area contributed by atoms with Gasteiger partial charge in [-0.05, 0) is 65.6 Å². The largest absolute Gasteiger partial charge is 0.508 e. The van der Waals surface area contributed by atoms with Gasteiger partial charge in [0.25, 0.3) is 0 Å². The molecule has 1 saturated heterocycles. The third-order valence-corrected chi connectivity index (χ3v) is 7.42. The number of phenolic OH excluding ortho intramolecular Hbond substituents is 1. The predicted octanol–water partition coefficient (Wildman–Crippen LogP) is 6.99. The second kappa shape index (κ2) is 13.5. The second-order valence-corrected chi connectivity index (χ2v) is 10.8. The Morgan fingerprint density at radius 1 is 0.674 bits per heavy atom. The normalized spacial score (nSPS) is 15.7. The average Bonchev–Trinajstić information content (AvgIpc) is 3.85. The first-order chi connectivity index (χ1) is 21.9. The number of hydrogen-bond acceptors (Lipinski definition) is 6. The van der Waals surface area contributed by atoms with Crippen LogP contribution in [-0.2, 0) is 16.6 Å². The molecule has 1 aliphatic heterocycles. The van der Waals surface area contributed by atoms with Gasteiger partial charge < -0.3 is 29.2 Å². The van der Waals surface area contributed by atoms with E-state index in [4.69, 9.17) is 18.9 Å². The first kappa shape index (κ1) is 33.0. The van der Waals surface area contributed by atoms with Crippen LogP contribution in [0.4, 0.5) is 26.3 Å². The lowest BCUT2D eigenvalue weighted by molar-refractivity contribution is -0.289. The minimum Gasteiger partial charge on any atom is -0.508 e. The van der Waals surface area contributed by atoms with E-state index < -0.39 is 40.7 Å². The molecule has 0 spiro atoms. The summed E-state index contributed by atoms with van der Waals surface area (Å²) in [5.41, 5.74) is -4.87. The number of benzene rings is 4. The fraction of sp³-hybridized carbons (Fsp3) is 0.294. The number of halogens is 6. The molecule has 1 aliphatic rings. The summed E-state index contributed by atoms with van der Waals surface area (Å²) in [5.74, 6) is 0.0418. The number of alkyl halides is 6. The number of para-hydroxylation sites is 1. The Morgan fingerprint density at radius 2 is 1.13 bits per heavy atom. The van der Waals surface area contributed by atoms with Crippen molar-refractivity contribution in [2.75, 3.05) is 26.4 Å². The third kappa shape index (κ3) is 7.51. The summed E-state index contributed by atoms with van der Waals surface area (Å²) < 4.78 is 107. The first-order valence-electron chi connectivity index (χ1n) is 14.3. The summed E-state index contributed by atoms with van der Waals surface area (Å²) in [4.78, 5) is 0. The number of ether oxygens (including phenoxy) is 4. The van der Waals surface area contributed by atoms with Crippen molar-refractivity contribution >= 4 is 0 Å². The summed E-state index contributed by atoms with van der Waals surface area (Å²) in [5, 5.41) is 20.3. The maximum Gasteiger partial charge on any atom is 0.411 e. The van der Waals surface area contributed by atoms with Crippen molar-refractivity contribution in [1.29, 1.82) is 0 Å². The minimum atomic E-state index is -5.84. The van der Waals surface area contributed by atoms with E-state index in [1.54, 1.807) is 12.1 Å². The SMILES string of the molecule is Oc1ccccc1C(c1ccc(OCC(O)COc2ccc(Cc3ccc(OCC4CO4)cc3)cc2)cc1)(C(F)(F)F)C(F)(F)F. The Morgan fingerprint density at radius 3 is 1.59 bits per heavy atom. The molecule has 0 aliphatic carbocycles. The van der Waals surface area contributed by atoms with Crippen molar-refractivity contribution in [2.45, 2.75) is 36.4 Å². The number of aliphatic hydroxyl groups is 1. The Hall–Kier alpha value is -4.42. The molecule has 0 aromatic heterocycles. The summed E-state index contributed by atoms with van der Waals surface area (Å²) in [6.07, 6.45) is -12.0. The predicted molar refractivity (Wildman–Crippen MR) is 155 cm³/mol. The topological polar surface area (TPSA) is 80.7 Å². The molecule has 1 heterocycles. The van der Waals surface area contributed by atoms with Crippen LogP contribution in [0.1, 0.15) is 22.3 Å². The number of aliphatic hydroxyl groups excluding tert-OH is 1. The van der Waals surface area contributed by atoms with E-state index in [0.717, 1.165) is 53.8 Å². The molecule has 244 valence electrons. The zero-order chi connectivity index (χ0) is 33.0. The highest BCUT2D eigenvalue weighted by atomic mass is 19.4. The van der Waals surface area contributed by atoms with E-state index in [0.29, 0.717) is 37.0 Å². The van der Waals surface area contributed by atoms with Crippen LogP contribution in [0.3, 0.4) is 0 Å². The second-order valence-electron chi connectivity index (χ2n) is 10.8. The van der Waals surface area contributed by atoms with Gasteiger partial charge in [-0.15, -0.1) is 0 Å². The van der Waals surface area contributed by atoms with E-state index in [1.807, 2.05) is 36.4 Å². The highest BCUT2D eigenvalue weighted by molar-refractivity contribution is 5.51. The molecular weight excluding hydrogens is 618 g/mol. The molecule has 0 bridgehead atoms. The van der Waals surface area contributed by atoms with Crippen molar-refractivity contribution < 1.29 is 55.5 Å². The van der Waals surface area contributed by atoms with E-state index >= 15 is 0 Å². The van der Waals surface area contributed by atoms with Crippen LogP contribution in [-0.4, -0.2) is 61.2 Å². The summed E-state index contributed by atoms with van der Waals surface area (Å²) in [6.45, 7) is 0.752. The van der Waals surface area contributed by atoms with Crippen LogP contribution in [0.15, 0.2) is 97.1 Å². The van der Waals surface area contributed by atoms with Crippen molar-refractivity contribution in [3.63, 3.8) is 0 Å². The molecule has 0 amide bonds. The molecule has 4 aromatic rings. The Kier molecular flexibility index (Phi) is 9.68. The minimum absolute atomic E-state index is 0.0702. The molecule has 0 saturated carbocycles. The molecule has 4 aromatic carbocycles. The van der Waals surface area contributed by atoms with Gasteiger partial charge >= 0.3 is 12.4 Å². The van der Waals surface area contributed by atoms with Crippen LogP contribution >= 0.6 is 0 Å². The first-order valence-corrected chi connectivity index (χ1v) is 14.3. The fourth-order valence-electron chi connectivity index (χ4n) is 4.97. The third-order valence-electron chi connectivity index (χ3n) is 7.42. The molecule has 1 fully saturated rings. The van der Waals surface area contributed by atoms with E-state index in [9.17, 15) is 36.6 Å². The lowest BCUT2D eigenvalue weighted by atomic mass is 9.72. The summed E-state index contributed by atoms with van der Waals surface area (Å²) in [6, 6.07) is 21.6. The fourth-order valence-corrected chi connectivity index (χ4v) is 4.97. The van der Waals surface area contributed by atoms with Gasteiger partial charge in [-0.2, -0.15) is 26.3 Å². The van der Waals surface area contributed by atoms with Crippen molar-refractivity contribution in [3.8, 4) is 23.0 Å². The zero-order valence-electron chi connectivity index (χ0n) is 24.2. The Bertz CT molecular complexity index is 1550. The molecule has 5 rings (SSSR count). The van der Waals surface area contributed by atoms with Crippen LogP contribution in [0.25, 0.3) is 0 Å². The lowest BCUT2D eigenvalue weighted by Crippen LogP contribution is -2.54. The number of rotatable bonds is 13. The zero-order valence-corrected chi connectivity index (χ0v) is 24.2. The van der Waals surface area contributed by atoms with Gasteiger partial charge in [0.2, 0.25) is 5.41 Å². The molecule has 46 heavy (non-hydrogen) atoms. The van der Waals surface area contributed by atoms with Gasteiger partial charge in [0.05, 0.1) is 6.61 Å². The van der Waals surface area contributed by atoms with Gasteiger partial charge in [0.15, 0.2) is 0 Å². The highest BCUT2D eigenvalue weighted by Gasteiger charge is 2.73. The molecule has 12 heteroatoms. The number of epoxide rings is 1. The monoisotopic (exact) mass is 648 g/mol. The van der Waals surface area contributed by atoms with Crippen LogP contribution in [0.5, 0.6) is 23.0 Å². The Balaban J connectivity index is 1.14. The van der Waals surface area contributed by atoms with Gasteiger partial charge in [-0.25, -0.2) is 0 Å². The lowest BCUT2D eigenvalue weighted by Gasteiger charge is -2.38. The van der Waals surface area contributed by atoms with E-state index in [1.165, 1.54) is 0 Å². The Labute approximate surface area is 260 Å². The van der Waals surface area contributed by atoms with Crippen LogP contribution in [0, 0.1) is 0 Å². The molecule has 6 nitrogen and oxygen atoms in total. The van der Waals surface area contributed by atoms with Gasteiger partial charge in [-0.3, -0.25) is 0 Å². The van der Waals surface area contributed by atoms with E-state index in [-0.39, 0.29) is 25.1 Å². The average molecular weight is 649 g/mol. The van der Waals surface area contributed by atoms with E-state index in [2.05, 4.69) is 0 Å². The quantitative estimate of drug-likeness (QED) is 0.120. The van der Waals surface area contributed by atoms with Crippen molar-refractivity contribution in [3.05, 3.63) is 119 Å². The maximum absolute atomic E-state index is 14.3. The van der Waals surface area contributed by atoms with Gasteiger partial charge in [0, 0.05) is 5.56 Å². The molecule has 2 unspecified atom stereocenters. The van der Waals surface area contributed by atoms with Crippen LogP contribution < -0.4 is 14.2 Å². The highest BCUT2D eigenvalue weighted by Crippen LogP contribution is 2.58. The number of hydrogen-bond donors (Lipinski definition) is 2. The number of aromatic hydroxyl groups is 1.